The maximum atomic E-state index is 12.8. The van der Waals surface area contributed by atoms with Crippen LogP contribution in [0, 0.1) is 10.1 Å². The number of hydrogen-bond donors (Lipinski definition) is 1. The van der Waals surface area contributed by atoms with Crippen molar-refractivity contribution < 1.29 is 31.2 Å². The maximum absolute atomic E-state index is 12.8. The predicted octanol–water partition coefficient (Wildman–Crippen LogP) is 6.04. The lowest BCUT2D eigenvalue weighted by Gasteiger charge is -2.12. The van der Waals surface area contributed by atoms with Gasteiger partial charge in [-0.05, 0) is 48.3 Å². The van der Waals surface area contributed by atoms with Crippen molar-refractivity contribution in [3.05, 3.63) is 87.4 Å². The van der Waals surface area contributed by atoms with Crippen molar-refractivity contribution in [2.75, 3.05) is 0 Å². The lowest BCUT2D eigenvalue weighted by atomic mass is 10.2. The van der Waals surface area contributed by atoms with Crippen molar-refractivity contribution in [2.24, 2.45) is 0 Å². The number of hydrogen-bond acceptors (Lipinski definition) is 6. The van der Waals surface area contributed by atoms with E-state index in [4.69, 9.17) is 16.3 Å². The monoisotopic (exact) mass is 504 g/mol. The van der Waals surface area contributed by atoms with Gasteiger partial charge in [-0.2, -0.15) is 13.2 Å². The number of nitro groups is 1. The standard InChI is InChI=1S/C19H12ClF3N2O5S2/c20-15-10-12(19(21,22)23)6-9-17(15)30-13-7-8-16(25(26)27)18(11-13)31-24-32(28,29)14-4-2-1-3-5-14/h1-11,24H. The second-order valence-electron chi connectivity index (χ2n) is 6.13. The molecule has 0 bridgehead atoms. The number of rotatable bonds is 7. The molecule has 0 atom stereocenters. The van der Waals surface area contributed by atoms with E-state index in [2.05, 4.69) is 4.13 Å². The molecule has 7 nitrogen and oxygen atoms in total. The van der Waals surface area contributed by atoms with Crippen LogP contribution in [0.2, 0.25) is 5.02 Å². The summed E-state index contributed by atoms with van der Waals surface area (Å²) in [6.45, 7) is 0. The average molecular weight is 505 g/mol. The van der Waals surface area contributed by atoms with Crippen LogP contribution in [0.15, 0.2) is 76.5 Å². The molecule has 13 heteroatoms. The fourth-order valence-corrected chi connectivity index (χ4v) is 4.76. The number of halogens is 4. The Bertz CT molecular complexity index is 1260. The third-order valence-corrected chi connectivity index (χ3v) is 6.88. The van der Waals surface area contributed by atoms with E-state index in [-0.39, 0.29) is 26.3 Å². The predicted molar refractivity (Wildman–Crippen MR) is 112 cm³/mol. The molecule has 3 aromatic carbocycles. The summed E-state index contributed by atoms with van der Waals surface area (Å²) in [4.78, 5) is 10.5. The van der Waals surface area contributed by atoms with Crippen molar-refractivity contribution in [3.63, 3.8) is 0 Å². The number of alkyl halides is 3. The average Bonchev–Trinajstić information content (AvgIpc) is 2.73. The first-order valence-corrected chi connectivity index (χ1v) is 11.2. The number of sulfonamides is 1. The minimum absolute atomic E-state index is 0.00123. The molecule has 0 amide bonds. The van der Waals surface area contributed by atoms with Crippen LogP contribution in [-0.2, 0) is 16.2 Å². The minimum Gasteiger partial charge on any atom is -0.456 e. The molecule has 3 rings (SSSR count). The van der Waals surface area contributed by atoms with Crippen LogP contribution in [0.25, 0.3) is 0 Å². The van der Waals surface area contributed by atoms with Crippen molar-refractivity contribution in [1.82, 2.24) is 4.13 Å². The molecule has 0 saturated carbocycles. The molecule has 3 aromatic rings. The third-order valence-electron chi connectivity index (χ3n) is 3.93. The van der Waals surface area contributed by atoms with Gasteiger partial charge in [-0.15, -0.1) is 4.13 Å². The molecule has 0 aliphatic carbocycles. The smallest absolute Gasteiger partial charge is 0.416 e. The lowest BCUT2D eigenvalue weighted by Crippen LogP contribution is -2.16. The Morgan fingerprint density at radius 1 is 1.03 bits per heavy atom. The second kappa shape index (κ2) is 9.36. The highest BCUT2D eigenvalue weighted by molar-refractivity contribution is 8.09. The summed E-state index contributed by atoms with van der Waals surface area (Å²) >= 11 is 6.34. The maximum Gasteiger partial charge on any atom is 0.416 e. The van der Waals surface area contributed by atoms with Gasteiger partial charge in [0.05, 0.1) is 20.4 Å². The van der Waals surface area contributed by atoms with E-state index in [1.807, 2.05) is 0 Å². The Morgan fingerprint density at radius 2 is 1.72 bits per heavy atom. The van der Waals surface area contributed by atoms with Gasteiger partial charge in [-0.3, -0.25) is 10.1 Å². The molecule has 1 N–H and O–H groups in total. The first-order valence-electron chi connectivity index (χ1n) is 8.54. The molecule has 0 heterocycles. The van der Waals surface area contributed by atoms with Crippen molar-refractivity contribution >= 4 is 39.3 Å². The fraction of sp³-hybridized carbons (Fsp3) is 0.0526. The van der Waals surface area contributed by atoms with Crippen LogP contribution < -0.4 is 8.86 Å². The Balaban J connectivity index is 1.86. The largest absolute Gasteiger partial charge is 0.456 e. The topological polar surface area (TPSA) is 98.5 Å². The van der Waals surface area contributed by atoms with Gasteiger partial charge in [0.25, 0.3) is 5.69 Å². The lowest BCUT2D eigenvalue weighted by molar-refractivity contribution is -0.387. The van der Waals surface area contributed by atoms with Gasteiger partial charge in [-0.1, -0.05) is 29.8 Å². The molecule has 168 valence electrons. The van der Waals surface area contributed by atoms with Gasteiger partial charge in [0, 0.05) is 12.1 Å². The van der Waals surface area contributed by atoms with Crippen molar-refractivity contribution in [2.45, 2.75) is 16.0 Å². The summed E-state index contributed by atoms with van der Waals surface area (Å²) in [7, 11) is -3.98. The van der Waals surface area contributed by atoms with Gasteiger partial charge < -0.3 is 4.74 Å². The number of nitrogens with one attached hydrogen (secondary N) is 1. The third kappa shape index (κ3) is 5.71. The van der Waals surface area contributed by atoms with Crippen LogP contribution in [0.3, 0.4) is 0 Å². The van der Waals surface area contributed by atoms with Crippen LogP contribution in [0.4, 0.5) is 18.9 Å². The SMILES string of the molecule is O=[N+]([O-])c1ccc(Oc2ccc(C(F)(F)F)cc2Cl)cc1SNS(=O)(=O)c1ccccc1. The molecule has 0 spiro atoms. The van der Waals surface area contributed by atoms with Crippen LogP contribution in [0.1, 0.15) is 5.56 Å². The highest BCUT2D eigenvalue weighted by Gasteiger charge is 2.31. The normalized spacial score (nSPS) is 11.9. The Hall–Kier alpha value is -2.80. The van der Waals surface area contributed by atoms with E-state index in [1.54, 1.807) is 6.07 Å². The van der Waals surface area contributed by atoms with Gasteiger partial charge >= 0.3 is 6.18 Å². The van der Waals surface area contributed by atoms with Crippen LogP contribution in [0.5, 0.6) is 11.5 Å². The minimum atomic E-state index is -4.59. The van der Waals surface area contributed by atoms with E-state index in [1.165, 1.54) is 36.4 Å². The highest BCUT2D eigenvalue weighted by atomic mass is 35.5. The Morgan fingerprint density at radius 3 is 2.31 bits per heavy atom. The first-order chi connectivity index (χ1) is 15.0. The van der Waals surface area contributed by atoms with E-state index >= 15 is 0 Å². The van der Waals surface area contributed by atoms with E-state index in [0.717, 1.165) is 18.2 Å². The van der Waals surface area contributed by atoms with E-state index in [0.29, 0.717) is 18.0 Å². The van der Waals surface area contributed by atoms with Gasteiger partial charge in [0.1, 0.15) is 16.4 Å². The van der Waals surface area contributed by atoms with Crippen molar-refractivity contribution in [1.29, 1.82) is 0 Å². The second-order valence-corrected chi connectivity index (χ2v) is 9.33. The number of benzene rings is 3. The summed E-state index contributed by atoms with van der Waals surface area (Å²) in [5.41, 5.74) is -1.37. The zero-order valence-corrected chi connectivity index (χ0v) is 18.1. The molecular weight excluding hydrogens is 493 g/mol. The van der Waals surface area contributed by atoms with E-state index in [9.17, 15) is 31.7 Å². The zero-order valence-electron chi connectivity index (χ0n) is 15.7. The zero-order chi connectivity index (χ0) is 23.5. The van der Waals surface area contributed by atoms with E-state index < -0.39 is 32.4 Å². The van der Waals surface area contributed by atoms with Gasteiger partial charge in [0.2, 0.25) is 10.0 Å². The molecule has 0 aromatic heterocycles. The fourth-order valence-electron chi connectivity index (χ4n) is 2.42. The van der Waals surface area contributed by atoms with Crippen LogP contribution in [-0.4, -0.2) is 13.3 Å². The number of nitrogens with zero attached hydrogens (tertiary/aromatic N) is 1. The molecule has 0 aliphatic heterocycles. The molecule has 0 saturated heterocycles. The molecule has 32 heavy (non-hydrogen) atoms. The Labute approximate surface area is 189 Å². The molecule has 0 radical (unpaired) electrons. The summed E-state index contributed by atoms with van der Waals surface area (Å²) in [6, 6.07) is 13.3. The highest BCUT2D eigenvalue weighted by Crippen LogP contribution is 2.38. The van der Waals surface area contributed by atoms with Gasteiger partial charge in [0.15, 0.2) is 0 Å². The molecule has 0 unspecified atom stereocenters. The van der Waals surface area contributed by atoms with Crippen LogP contribution >= 0.6 is 23.5 Å². The first kappa shape index (κ1) is 23.9. The quantitative estimate of drug-likeness (QED) is 0.239. The summed E-state index contributed by atoms with van der Waals surface area (Å²) < 4.78 is 70.7. The number of ether oxygens (including phenoxy) is 1. The summed E-state index contributed by atoms with van der Waals surface area (Å²) in [5, 5.41) is 11.0. The molecule has 0 aliphatic rings. The van der Waals surface area contributed by atoms with Crippen molar-refractivity contribution in [3.8, 4) is 11.5 Å². The Kier molecular flexibility index (Phi) is 6.98. The molecule has 0 fully saturated rings. The molecular formula is C19H12ClF3N2O5S2. The number of nitro benzene ring substituents is 1. The summed E-state index contributed by atoms with van der Waals surface area (Å²) in [6.07, 6.45) is -4.59. The van der Waals surface area contributed by atoms with Gasteiger partial charge in [-0.25, -0.2) is 8.42 Å². The summed E-state index contributed by atoms with van der Waals surface area (Å²) in [5.74, 6) is -0.118.